The molecule has 1 aliphatic heterocycles. The summed E-state index contributed by atoms with van der Waals surface area (Å²) in [5, 5.41) is 13.4. The number of benzene rings is 1. The molecule has 5 nitrogen and oxygen atoms in total. The van der Waals surface area contributed by atoms with Crippen LogP contribution in [0.2, 0.25) is 0 Å². The van der Waals surface area contributed by atoms with Gasteiger partial charge in [-0.25, -0.2) is 4.39 Å². The molecule has 3 unspecified atom stereocenters. The zero-order valence-electron chi connectivity index (χ0n) is 17.0. The highest BCUT2D eigenvalue weighted by atomic mass is 32.8. The first-order valence-corrected chi connectivity index (χ1v) is 12.4. The maximum atomic E-state index is 14.7. The summed E-state index contributed by atoms with van der Waals surface area (Å²) in [5.74, 6) is 2.30. The molecule has 1 aromatic carbocycles. The minimum absolute atomic E-state index is 0.162. The summed E-state index contributed by atoms with van der Waals surface area (Å²) in [4.78, 5) is 0. The van der Waals surface area contributed by atoms with Crippen molar-refractivity contribution in [2.45, 2.75) is 49.7 Å². The van der Waals surface area contributed by atoms with Gasteiger partial charge in [-0.3, -0.25) is 5.10 Å². The number of hydrogen-bond donors (Lipinski definition) is 3. The second kappa shape index (κ2) is 10.3. The van der Waals surface area contributed by atoms with Crippen LogP contribution in [-0.4, -0.2) is 29.9 Å². The van der Waals surface area contributed by atoms with Crippen LogP contribution in [0, 0.1) is 5.82 Å². The van der Waals surface area contributed by atoms with Crippen molar-refractivity contribution in [1.82, 2.24) is 15.5 Å². The number of aromatic nitrogens is 2. The molecule has 0 spiro atoms. The second-order valence-corrected chi connectivity index (χ2v) is 10.1. The van der Waals surface area contributed by atoms with Gasteiger partial charge in [0.2, 0.25) is 0 Å². The van der Waals surface area contributed by atoms with E-state index in [1.165, 1.54) is 6.26 Å². The smallest absolute Gasteiger partial charge is 0.152 e. The lowest BCUT2D eigenvalue weighted by molar-refractivity contribution is 0.150. The van der Waals surface area contributed by atoms with Gasteiger partial charge in [0.1, 0.15) is 0 Å². The van der Waals surface area contributed by atoms with Crippen LogP contribution in [0.4, 0.5) is 15.9 Å². The SMILES string of the molecule is C=COC1CCC(c2cc(Nc3ccc4c(c3F)CS(=S)C4)n[nH]2)C1.CCNC. The van der Waals surface area contributed by atoms with Crippen LogP contribution in [0.3, 0.4) is 0 Å². The highest BCUT2D eigenvalue weighted by molar-refractivity contribution is 8.28. The van der Waals surface area contributed by atoms with Crippen molar-refractivity contribution in [1.29, 1.82) is 0 Å². The molecule has 1 fully saturated rings. The lowest BCUT2D eigenvalue weighted by Gasteiger charge is -2.09. The van der Waals surface area contributed by atoms with E-state index in [0.717, 1.165) is 48.4 Å². The molecule has 0 saturated heterocycles. The number of fused-ring (bicyclic) bond motifs is 1. The number of anilines is 2. The van der Waals surface area contributed by atoms with Crippen LogP contribution in [0.1, 0.15) is 48.9 Å². The standard InChI is InChI=1S/C18H20FN3OS2.C3H9N/c1-2-23-13-5-3-11(7-13)16-8-17(22-21-16)20-15-6-4-12-9-25(24)10-14(12)18(15)19;1-3-4-2/h2,4,6,8,11,13H,1,3,5,7,9-10H2,(H2,20,21,22);4H,3H2,1-2H3. The van der Waals surface area contributed by atoms with E-state index in [9.17, 15) is 4.39 Å². The van der Waals surface area contributed by atoms with Crippen LogP contribution < -0.4 is 10.6 Å². The van der Waals surface area contributed by atoms with Gasteiger partial charge in [0.25, 0.3) is 0 Å². The third-order valence-corrected chi connectivity index (χ3v) is 7.24. The van der Waals surface area contributed by atoms with Crippen molar-refractivity contribution in [3.05, 3.63) is 53.7 Å². The Balaban J connectivity index is 0.000000552. The van der Waals surface area contributed by atoms with Gasteiger partial charge in [-0.15, -0.1) is 9.45 Å². The molecule has 2 aliphatic rings. The van der Waals surface area contributed by atoms with Crippen molar-refractivity contribution < 1.29 is 9.13 Å². The van der Waals surface area contributed by atoms with E-state index in [4.69, 9.17) is 15.9 Å². The number of ether oxygens (including phenoxy) is 1. The zero-order chi connectivity index (χ0) is 20.8. The van der Waals surface area contributed by atoms with Crippen LogP contribution in [0.15, 0.2) is 31.0 Å². The molecule has 29 heavy (non-hydrogen) atoms. The molecule has 3 atom stereocenters. The third kappa shape index (κ3) is 5.43. The molecule has 0 radical (unpaired) electrons. The van der Waals surface area contributed by atoms with Crippen molar-refractivity contribution in [3.8, 4) is 0 Å². The van der Waals surface area contributed by atoms with Gasteiger partial charge in [-0.2, -0.15) is 5.10 Å². The highest BCUT2D eigenvalue weighted by Crippen LogP contribution is 2.36. The van der Waals surface area contributed by atoms with Gasteiger partial charge in [0.15, 0.2) is 11.6 Å². The summed E-state index contributed by atoms with van der Waals surface area (Å²) in [5.41, 5.74) is 3.33. The Morgan fingerprint density at radius 2 is 2.21 bits per heavy atom. The Kier molecular flexibility index (Phi) is 7.80. The summed E-state index contributed by atoms with van der Waals surface area (Å²) in [6, 6.07) is 5.72. The zero-order valence-corrected chi connectivity index (χ0v) is 18.6. The first kappa shape index (κ1) is 21.9. The Labute approximate surface area is 179 Å². The van der Waals surface area contributed by atoms with Crippen LogP contribution >= 0.6 is 0 Å². The fourth-order valence-corrected chi connectivity index (χ4v) is 5.75. The highest BCUT2D eigenvalue weighted by Gasteiger charge is 2.28. The second-order valence-electron chi connectivity index (χ2n) is 7.27. The Morgan fingerprint density at radius 3 is 2.93 bits per heavy atom. The molecule has 8 heteroatoms. The van der Waals surface area contributed by atoms with Gasteiger partial charge < -0.3 is 15.4 Å². The van der Waals surface area contributed by atoms with Crippen LogP contribution in [-0.2, 0) is 36.9 Å². The number of nitrogens with zero attached hydrogens (tertiary/aromatic N) is 1. The minimum atomic E-state index is -0.192. The Hall–Kier alpha value is -1.77. The van der Waals surface area contributed by atoms with E-state index < -0.39 is 0 Å². The maximum Gasteiger partial charge on any atom is 0.152 e. The average molecular weight is 437 g/mol. The van der Waals surface area contributed by atoms with E-state index in [1.54, 1.807) is 6.07 Å². The Bertz CT molecular complexity index is 868. The quantitative estimate of drug-likeness (QED) is 0.586. The fraction of sp³-hybridized carbons (Fsp3) is 0.476. The van der Waals surface area contributed by atoms with E-state index in [1.807, 2.05) is 19.2 Å². The largest absolute Gasteiger partial charge is 0.499 e. The van der Waals surface area contributed by atoms with Crippen LogP contribution in [0.25, 0.3) is 0 Å². The summed E-state index contributed by atoms with van der Waals surface area (Å²) in [6.45, 7) is 6.76. The van der Waals surface area contributed by atoms with Gasteiger partial charge >= 0.3 is 0 Å². The van der Waals surface area contributed by atoms with Crippen molar-refractivity contribution in [2.24, 2.45) is 0 Å². The number of rotatable bonds is 6. The van der Waals surface area contributed by atoms with Gasteiger partial charge in [0, 0.05) is 34.7 Å². The lowest BCUT2D eigenvalue weighted by Crippen LogP contribution is -2.03. The maximum absolute atomic E-state index is 14.7. The van der Waals surface area contributed by atoms with Gasteiger partial charge in [-0.05, 0) is 44.5 Å². The summed E-state index contributed by atoms with van der Waals surface area (Å²) >= 11 is 5.34. The number of halogens is 1. The van der Waals surface area contributed by atoms with E-state index >= 15 is 0 Å². The normalized spacial score (nSPS) is 22.5. The number of nitrogens with one attached hydrogen (secondary N) is 3. The number of aromatic amines is 1. The first-order chi connectivity index (χ1) is 14.0. The molecule has 1 saturated carbocycles. The molecule has 2 aromatic rings. The fourth-order valence-electron chi connectivity index (χ4n) is 3.66. The van der Waals surface area contributed by atoms with Crippen LogP contribution in [0.5, 0.6) is 0 Å². The summed E-state index contributed by atoms with van der Waals surface area (Å²) in [7, 11) is 1.77. The number of hydrogen-bond acceptors (Lipinski definition) is 5. The molecule has 2 heterocycles. The minimum Gasteiger partial charge on any atom is -0.499 e. The van der Waals surface area contributed by atoms with Gasteiger partial charge in [0.05, 0.1) is 18.1 Å². The third-order valence-electron chi connectivity index (χ3n) is 5.29. The van der Waals surface area contributed by atoms with Crippen molar-refractivity contribution in [3.63, 3.8) is 0 Å². The van der Waals surface area contributed by atoms with E-state index in [2.05, 4.69) is 34.3 Å². The van der Waals surface area contributed by atoms with E-state index in [-0.39, 0.29) is 21.4 Å². The van der Waals surface area contributed by atoms with Crippen molar-refractivity contribution in [2.75, 3.05) is 18.9 Å². The van der Waals surface area contributed by atoms with Crippen molar-refractivity contribution >= 4 is 32.1 Å². The topological polar surface area (TPSA) is 62.0 Å². The number of H-pyrrole nitrogens is 1. The summed E-state index contributed by atoms with van der Waals surface area (Å²) < 4.78 is 20.2. The molecule has 3 N–H and O–H groups in total. The predicted octanol–water partition coefficient (Wildman–Crippen LogP) is 4.41. The molecule has 0 amide bonds. The molecule has 0 bridgehead atoms. The van der Waals surface area contributed by atoms with Gasteiger partial charge in [-0.1, -0.05) is 30.8 Å². The molecule has 158 valence electrons. The molecular formula is C21H29FN4OS2. The molecule has 1 aromatic heterocycles. The average Bonchev–Trinajstić information content (AvgIpc) is 3.44. The summed E-state index contributed by atoms with van der Waals surface area (Å²) in [6.07, 6.45) is 4.75. The van der Waals surface area contributed by atoms with E-state index in [0.29, 0.717) is 23.2 Å². The monoisotopic (exact) mass is 436 g/mol. The molecule has 1 aliphatic carbocycles. The molecular weight excluding hydrogens is 407 g/mol. The lowest BCUT2D eigenvalue weighted by atomic mass is 10.0. The molecule has 4 rings (SSSR count). The Morgan fingerprint density at radius 1 is 1.41 bits per heavy atom. The predicted molar refractivity (Wildman–Crippen MR) is 122 cm³/mol. The first-order valence-electron chi connectivity index (χ1n) is 9.94.